The molecule has 7 nitrogen and oxygen atoms in total. The topological polar surface area (TPSA) is 111 Å². The number of rotatable bonds is 3. The van der Waals surface area contributed by atoms with Crippen LogP contribution in [0.4, 0.5) is 16.0 Å². The molecule has 0 atom stereocenters. The van der Waals surface area contributed by atoms with Crippen molar-refractivity contribution < 1.29 is 12.8 Å². The van der Waals surface area contributed by atoms with Gasteiger partial charge in [0.2, 0.25) is 0 Å². The van der Waals surface area contributed by atoms with Crippen LogP contribution in [0.1, 0.15) is 0 Å². The Kier molecular flexibility index (Phi) is 3.62. The van der Waals surface area contributed by atoms with Gasteiger partial charge in [-0.25, -0.2) is 22.5 Å². The van der Waals surface area contributed by atoms with Crippen LogP contribution in [0.25, 0.3) is 0 Å². The summed E-state index contributed by atoms with van der Waals surface area (Å²) in [6, 6.07) is 1.96. The lowest BCUT2D eigenvalue weighted by atomic mass is 10.3. The normalized spacial score (nSPS) is 11.3. The molecular formula is C9H7BrFN5O2S. The Bertz CT molecular complexity index is 710. The average molecular weight is 348 g/mol. The van der Waals surface area contributed by atoms with Gasteiger partial charge in [0.05, 0.1) is 22.6 Å². The smallest absolute Gasteiger partial charge is 0.266 e. The van der Waals surface area contributed by atoms with Gasteiger partial charge in [0, 0.05) is 0 Å². The summed E-state index contributed by atoms with van der Waals surface area (Å²) in [6.07, 6.45) is 2.56. The highest BCUT2D eigenvalue weighted by Crippen LogP contribution is 2.26. The van der Waals surface area contributed by atoms with Gasteiger partial charge in [0.15, 0.2) is 0 Å². The number of sulfonamides is 1. The molecule has 0 aliphatic rings. The second kappa shape index (κ2) is 5.05. The van der Waals surface area contributed by atoms with E-state index in [4.69, 9.17) is 5.73 Å². The average Bonchev–Trinajstić information content (AvgIpc) is 2.34. The highest BCUT2D eigenvalue weighted by atomic mass is 79.9. The van der Waals surface area contributed by atoms with Gasteiger partial charge < -0.3 is 5.73 Å². The fourth-order valence-corrected chi connectivity index (χ4v) is 2.83. The standard InChI is InChI=1S/C9H7BrFN5O2S/c10-5-3-8(7(12)4-6(5)11)19(17,18)16-9-13-1-2-14-15-9/h1-4H,12H2,(H,13,15,16). The van der Waals surface area contributed by atoms with Crippen LogP contribution in [-0.2, 0) is 10.0 Å². The van der Waals surface area contributed by atoms with E-state index in [1.54, 1.807) is 0 Å². The van der Waals surface area contributed by atoms with Crippen molar-refractivity contribution in [2.45, 2.75) is 4.90 Å². The van der Waals surface area contributed by atoms with Crippen LogP contribution >= 0.6 is 15.9 Å². The number of hydrogen-bond acceptors (Lipinski definition) is 6. The second-order valence-corrected chi connectivity index (χ2v) is 5.88. The van der Waals surface area contributed by atoms with E-state index >= 15 is 0 Å². The fraction of sp³-hybridized carbons (Fsp3) is 0. The van der Waals surface area contributed by atoms with Gasteiger partial charge in [-0.05, 0) is 28.1 Å². The predicted molar refractivity (Wildman–Crippen MR) is 69.1 cm³/mol. The minimum absolute atomic E-state index is 0.0193. The summed E-state index contributed by atoms with van der Waals surface area (Å²) >= 11 is 2.89. The second-order valence-electron chi connectivity index (χ2n) is 3.38. The van der Waals surface area contributed by atoms with Gasteiger partial charge in [-0.15, -0.1) is 5.10 Å². The highest BCUT2D eigenvalue weighted by Gasteiger charge is 2.20. The van der Waals surface area contributed by atoms with Gasteiger partial charge in [-0.1, -0.05) is 0 Å². The van der Waals surface area contributed by atoms with Crippen LogP contribution in [0.3, 0.4) is 0 Å². The number of nitrogen functional groups attached to an aromatic ring is 1. The third kappa shape index (κ3) is 2.96. The molecule has 0 bridgehead atoms. The van der Waals surface area contributed by atoms with Crippen molar-refractivity contribution in [3.8, 4) is 0 Å². The summed E-state index contributed by atoms with van der Waals surface area (Å²) in [7, 11) is -4.02. The Balaban J connectivity index is 2.43. The molecule has 0 aliphatic carbocycles. The van der Waals surface area contributed by atoms with Crippen LogP contribution in [-0.4, -0.2) is 23.6 Å². The van der Waals surface area contributed by atoms with Gasteiger partial charge in [-0.2, -0.15) is 5.10 Å². The lowest BCUT2D eigenvalue weighted by Crippen LogP contribution is -2.17. The SMILES string of the molecule is Nc1cc(F)c(Br)cc1S(=O)(=O)Nc1nccnn1. The number of nitrogens with two attached hydrogens (primary N) is 1. The molecule has 2 aromatic rings. The zero-order valence-electron chi connectivity index (χ0n) is 9.21. The Morgan fingerprint density at radius 3 is 2.68 bits per heavy atom. The summed E-state index contributed by atoms with van der Waals surface area (Å²) < 4.78 is 39.4. The fourth-order valence-electron chi connectivity index (χ4n) is 1.25. The molecule has 0 unspecified atom stereocenters. The largest absolute Gasteiger partial charge is 0.398 e. The lowest BCUT2D eigenvalue weighted by Gasteiger charge is -2.09. The molecule has 1 heterocycles. The molecule has 1 aromatic heterocycles. The van der Waals surface area contributed by atoms with Gasteiger partial charge in [0.1, 0.15) is 10.7 Å². The van der Waals surface area contributed by atoms with Crippen molar-refractivity contribution in [1.29, 1.82) is 0 Å². The van der Waals surface area contributed by atoms with Crippen LogP contribution in [0.5, 0.6) is 0 Å². The first-order valence-electron chi connectivity index (χ1n) is 4.81. The molecule has 0 aliphatic heterocycles. The maximum Gasteiger partial charge on any atom is 0.266 e. The molecule has 1 aromatic carbocycles. The van der Waals surface area contributed by atoms with Crippen molar-refractivity contribution in [3.05, 3.63) is 34.8 Å². The minimum Gasteiger partial charge on any atom is -0.398 e. The van der Waals surface area contributed by atoms with Gasteiger partial charge in [0.25, 0.3) is 16.0 Å². The van der Waals surface area contributed by atoms with E-state index in [2.05, 4.69) is 35.8 Å². The number of nitrogens with zero attached hydrogens (tertiary/aromatic N) is 3. The Morgan fingerprint density at radius 1 is 1.32 bits per heavy atom. The van der Waals surface area contributed by atoms with Crippen molar-refractivity contribution in [2.75, 3.05) is 10.5 Å². The van der Waals surface area contributed by atoms with Crippen LogP contribution < -0.4 is 10.5 Å². The summed E-state index contributed by atoms with van der Waals surface area (Å²) in [6.45, 7) is 0. The zero-order valence-corrected chi connectivity index (χ0v) is 11.6. The number of benzene rings is 1. The zero-order chi connectivity index (χ0) is 14.0. The monoisotopic (exact) mass is 347 g/mol. The minimum atomic E-state index is -4.02. The van der Waals surface area contributed by atoms with Crippen molar-refractivity contribution in [1.82, 2.24) is 15.2 Å². The molecule has 0 fully saturated rings. The maximum absolute atomic E-state index is 13.2. The molecule has 0 saturated heterocycles. The first-order chi connectivity index (χ1) is 8.90. The van der Waals surface area contributed by atoms with Crippen LogP contribution in [0.2, 0.25) is 0 Å². The molecule has 10 heteroatoms. The summed E-state index contributed by atoms with van der Waals surface area (Å²) in [5.74, 6) is -0.864. The molecule has 19 heavy (non-hydrogen) atoms. The quantitative estimate of drug-likeness (QED) is 0.805. The summed E-state index contributed by atoms with van der Waals surface area (Å²) in [5, 5.41) is 6.96. The Morgan fingerprint density at radius 2 is 2.05 bits per heavy atom. The predicted octanol–water partition coefficient (Wildman–Crippen LogP) is 1.16. The molecule has 3 N–H and O–H groups in total. The van der Waals surface area contributed by atoms with E-state index in [1.165, 1.54) is 12.4 Å². The summed E-state index contributed by atoms with van der Waals surface area (Å²) in [5.41, 5.74) is 5.27. The van der Waals surface area contributed by atoms with E-state index in [0.717, 1.165) is 12.1 Å². The van der Waals surface area contributed by atoms with E-state index < -0.39 is 15.8 Å². The van der Waals surface area contributed by atoms with Crippen molar-refractivity contribution in [2.24, 2.45) is 0 Å². The van der Waals surface area contributed by atoms with E-state index in [9.17, 15) is 12.8 Å². The number of hydrogen-bond donors (Lipinski definition) is 2. The van der Waals surface area contributed by atoms with E-state index in [1.807, 2.05) is 0 Å². The molecular weight excluding hydrogens is 341 g/mol. The van der Waals surface area contributed by atoms with Gasteiger partial charge >= 0.3 is 0 Å². The van der Waals surface area contributed by atoms with Crippen LogP contribution in [0.15, 0.2) is 33.9 Å². The van der Waals surface area contributed by atoms with Gasteiger partial charge in [-0.3, -0.25) is 0 Å². The van der Waals surface area contributed by atoms with E-state index in [-0.39, 0.29) is 21.0 Å². The number of anilines is 2. The van der Waals surface area contributed by atoms with Crippen molar-refractivity contribution >= 4 is 37.6 Å². The lowest BCUT2D eigenvalue weighted by molar-refractivity contribution is 0.599. The molecule has 100 valence electrons. The third-order valence-corrected chi connectivity index (χ3v) is 4.04. The summed E-state index contributed by atoms with van der Waals surface area (Å²) in [4.78, 5) is 3.38. The first kappa shape index (κ1) is 13.6. The van der Waals surface area contributed by atoms with E-state index in [0.29, 0.717) is 0 Å². The van der Waals surface area contributed by atoms with Crippen LogP contribution in [0, 0.1) is 5.82 Å². The maximum atomic E-state index is 13.2. The Hall–Kier alpha value is -1.81. The molecule has 0 spiro atoms. The highest BCUT2D eigenvalue weighted by molar-refractivity contribution is 9.10. The number of nitrogens with one attached hydrogen (secondary N) is 1. The molecule has 0 radical (unpaired) electrons. The molecule has 0 amide bonds. The first-order valence-corrected chi connectivity index (χ1v) is 7.09. The van der Waals surface area contributed by atoms with Crippen molar-refractivity contribution in [3.63, 3.8) is 0 Å². The number of halogens is 2. The Labute approximate surface area is 116 Å². The third-order valence-electron chi connectivity index (χ3n) is 2.05. The number of aromatic nitrogens is 3. The molecule has 0 saturated carbocycles. The molecule has 2 rings (SSSR count).